The van der Waals surface area contributed by atoms with E-state index in [-0.39, 0.29) is 41.5 Å². The molecule has 3 amide bonds. The van der Waals surface area contributed by atoms with Gasteiger partial charge in [0.2, 0.25) is 17.7 Å². The average molecular weight is 502 g/mol. The second-order valence-corrected chi connectivity index (χ2v) is 10.3. The molecule has 10 heteroatoms. The van der Waals surface area contributed by atoms with Crippen molar-refractivity contribution in [1.82, 2.24) is 25.0 Å². The highest BCUT2D eigenvalue weighted by Gasteiger charge is 2.41. The van der Waals surface area contributed by atoms with E-state index < -0.39 is 0 Å². The van der Waals surface area contributed by atoms with Gasteiger partial charge in [-0.05, 0) is 45.1 Å². The molecule has 10 nitrogen and oxygen atoms in total. The Balaban J connectivity index is 1.51. The lowest BCUT2D eigenvalue weighted by atomic mass is 9.95. The van der Waals surface area contributed by atoms with Crippen LogP contribution in [-0.4, -0.2) is 108 Å². The van der Waals surface area contributed by atoms with Gasteiger partial charge in [-0.25, -0.2) is 4.98 Å². The second-order valence-electron chi connectivity index (χ2n) is 10.3. The maximum absolute atomic E-state index is 13.5. The number of nitrogens with zero attached hydrogens (tertiary/aromatic N) is 4. The quantitative estimate of drug-likeness (QED) is 0.576. The predicted molar refractivity (Wildman–Crippen MR) is 134 cm³/mol. The number of likely N-dealkylation sites (tertiary alicyclic amines) is 1. The summed E-state index contributed by atoms with van der Waals surface area (Å²) in [5.41, 5.74) is 0.282. The molecule has 4 aliphatic rings. The van der Waals surface area contributed by atoms with Gasteiger partial charge >= 0.3 is 0 Å². The zero-order valence-electron chi connectivity index (χ0n) is 21.6. The van der Waals surface area contributed by atoms with Crippen molar-refractivity contribution in [2.45, 2.75) is 58.2 Å². The molecule has 36 heavy (non-hydrogen) atoms. The second kappa shape index (κ2) is 12.0. The van der Waals surface area contributed by atoms with Crippen molar-refractivity contribution in [2.75, 3.05) is 52.5 Å². The molecule has 1 N–H and O–H groups in total. The fourth-order valence-corrected chi connectivity index (χ4v) is 5.38. The van der Waals surface area contributed by atoms with Crippen LogP contribution in [0.15, 0.2) is 18.2 Å². The highest BCUT2D eigenvalue weighted by atomic mass is 16.5. The highest BCUT2D eigenvalue weighted by Crippen LogP contribution is 2.26. The van der Waals surface area contributed by atoms with E-state index in [9.17, 15) is 14.4 Å². The number of carbonyl (C=O) groups is 3. The SMILES string of the molecule is CC(=O)N1CCOCCOc2cccc(n2)C(=O)N[C@@H]2C[C@@H](C(=O)N3CCC(CC3)C1)N(C(C)C)C2. The number of nitrogens with one attached hydrogen (secondary N) is 1. The number of ether oxygens (including phenoxy) is 2. The van der Waals surface area contributed by atoms with Crippen molar-refractivity contribution < 1.29 is 23.9 Å². The monoisotopic (exact) mass is 501 g/mol. The van der Waals surface area contributed by atoms with Gasteiger partial charge in [0.15, 0.2) is 0 Å². The first-order chi connectivity index (χ1) is 17.3. The molecule has 0 saturated carbocycles. The van der Waals surface area contributed by atoms with Crippen molar-refractivity contribution in [1.29, 1.82) is 0 Å². The fraction of sp³-hybridized carbons (Fsp3) is 0.692. The molecule has 4 aliphatic heterocycles. The predicted octanol–water partition coefficient (Wildman–Crippen LogP) is 1.16. The number of carbonyl (C=O) groups excluding carboxylic acids is 3. The van der Waals surface area contributed by atoms with Gasteiger partial charge in [-0.1, -0.05) is 6.07 Å². The van der Waals surface area contributed by atoms with E-state index in [4.69, 9.17) is 9.47 Å². The molecular weight excluding hydrogens is 462 g/mol. The Morgan fingerprint density at radius 1 is 1.08 bits per heavy atom. The molecule has 2 atom stereocenters. The lowest BCUT2D eigenvalue weighted by Crippen LogP contribution is -2.51. The maximum Gasteiger partial charge on any atom is 0.270 e. The van der Waals surface area contributed by atoms with Crippen LogP contribution in [-0.2, 0) is 14.3 Å². The van der Waals surface area contributed by atoms with Gasteiger partial charge < -0.3 is 24.6 Å². The summed E-state index contributed by atoms with van der Waals surface area (Å²) in [5, 5.41) is 3.08. The Labute approximate surface area is 213 Å². The van der Waals surface area contributed by atoms with E-state index in [2.05, 4.69) is 29.0 Å². The lowest BCUT2D eigenvalue weighted by molar-refractivity contribution is -0.139. The number of fused-ring (bicyclic) bond motifs is 10. The van der Waals surface area contributed by atoms with Crippen molar-refractivity contribution in [2.24, 2.45) is 5.92 Å². The third-order valence-electron chi connectivity index (χ3n) is 7.41. The maximum atomic E-state index is 13.5. The summed E-state index contributed by atoms with van der Waals surface area (Å²) in [6.45, 7) is 10.1. The van der Waals surface area contributed by atoms with E-state index >= 15 is 0 Å². The number of hydrogen-bond acceptors (Lipinski definition) is 7. The van der Waals surface area contributed by atoms with Crippen LogP contribution in [0.4, 0.5) is 0 Å². The molecule has 5 rings (SSSR count). The molecule has 0 spiro atoms. The molecule has 6 bridgehead atoms. The largest absolute Gasteiger partial charge is 0.475 e. The van der Waals surface area contributed by atoms with E-state index in [1.54, 1.807) is 25.1 Å². The number of amides is 3. The van der Waals surface area contributed by atoms with Gasteiger partial charge in [-0.15, -0.1) is 0 Å². The average Bonchev–Trinajstić information content (AvgIpc) is 3.29. The molecule has 5 heterocycles. The number of piperidine rings is 1. The first-order valence-corrected chi connectivity index (χ1v) is 13.1. The van der Waals surface area contributed by atoms with Crippen LogP contribution in [0.1, 0.15) is 50.5 Å². The normalized spacial score (nSPS) is 26.9. The molecule has 0 aliphatic carbocycles. The van der Waals surface area contributed by atoms with Gasteiger partial charge in [-0.2, -0.15) is 0 Å². The Bertz CT molecular complexity index is 933. The minimum Gasteiger partial charge on any atom is -0.475 e. The Morgan fingerprint density at radius 2 is 1.86 bits per heavy atom. The van der Waals surface area contributed by atoms with Crippen LogP contribution in [0.5, 0.6) is 5.88 Å². The molecule has 1 aromatic rings. The first kappa shape index (κ1) is 26.3. The standard InChI is InChI=1S/C26H39N5O5/c1-18(2)31-17-21-15-23(31)26(34)29-9-7-20(8-10-29)16-30(19(3)32)11-12-35-13-14-36-24-6-4-5-22(28-24)25(33)27-21/h4-6,18,20-21,23H,7-17H2,1-3H3,(H,27,33)/t21-,23+/m1/s1. The summed E-state index contributed by atoms with van der Waals surface area (Å²) in [5.74, 6) is 0.624. The van der Waals surface area contributed by atoms with Crippen LogP contribution >= 0.6 is 0 Å². The Kier molecular flexibility index (Phi) is 8.79. The van der Waals surface area contributed by atoms with Gasteiger partial charge in [-0.3, -0.25) is 19.3 Å². The highest BCUT2D eigenvalue weighted by molar-refractivity contribution is 5.92. The van der Waals surface area contributed by atoms with E-state index in [0.29, 0.717) is 70.8 Å². The molecule has 198 valence electrons. The van der Waals surface area contributed by atoms with Crippen LogP contribution in [0.25, 0.3) is 0 Å². The first-order valence-electron chi connectivity index (χ1n) is 13.1. The molecule has 0 radical (unpaired) electrons. The van der Waals surface area contributed by atoms with Crippen LogP contribution in [0.2, 0.25) is 0 Å². The zero-order chi connectivity index (χ0) is 25.7. The van der Waals surface area contributed by atoms with Crippen LogP contribution < -0.4 is 10.1 Å². The van der Waals surface area contributed by atoms with Crippen molar-refractivity contribution >= 4 is 17.7 Å². The molecule has 2 saturated heterocycles. The molecule has 0 unspecified atom stereocenters. The molecule has 0 aromatic carbocycles. The van der Waals surface area contributed by atoms with Gasteiger partial charge in [0.25, 0.3) is 5.91 Å². The minimum atomic E-state index is -0.269. The number of hydrogen-bond donors (Lipinski definition) is 1. The van der Waals surface area contributed by atoms with Crippen molar-refractivity contribution in [3.63, 3.8) is 0 Å². The minimum absolute atomic E-state index is 0.0366. The number of aromatic nitrogens is 1. The van der Waals surface area contributed by atoms with Crippen molar-refractivity contribution in [3.8, 4) is 5.88 Å². The zero-order valence-corrected chi connectivity index (χ0v) is 21.6. The molecular formula is C26H39N5O5. The third kappa shape index (κ3) is 6.53. The Hall–Kier alpha value is -2.72. The lowest BCUT2D eigenvalue weighted by Gasteiger charge is -2.37. The topological polar surface area (TPSA) is 104 Å². The molecule has 1 aromatic heterocycles. The van der Waals surface area contributed by atoms with Crippen LogP contribution in [0, 0.1) is 5.92 Å². The van der Waals surface area contributed by atoms with Gasteiger partial charge in [0.1, 0.15) is 12.3 Å². The van der Waals surface area contributed by atoms with Gasteiger partial charge in [0, 0.05) is 57.8 Å². The summed E-state index contributed by atoms with van der Waals surface area (Å²) in [4.78, 5) is 49.0. The summed E-state index contributed by atoms with van der Waals surface area (Å²) >= 11 is 0. The number of rotatable bonds is 1. The van der Waals surface area contributed by atoms with Crippen molar-refractivity contribution in [3.05, 3.63) is 23.9 Å². The molecule has 2 fully saturated rings. The summed E-state index contributed by atoms with van der Waals surface area (Å²) in [6, 6.07) is 4.90. The van der Waals surface area contributed by atoms with E-state index in [0.717, 1.165) is 12.8 Å². The summed E-state index contributed by atoms with van der Waals surface area (Å²) in [7, 11) is 0. The summed E-state index contributed by atoms with van der Waals surface area (Å²) < 4.78 is 11.4. The summed E-state index contributed by atoms with van der Waals surface area (Å²) in [6.07, 6.45) is 2.33. The van der Waals surface area contributed by atoms with Gasteiger partial charge in [0.05, 0.1) is 19.3 Å². The fourth-order valence-electron chi connectivity index (χ4n) is 5.38. The van der Waals surface area contributed by atoms with Crippen LogP contribution in [0.3, 0.4) is 0 Å². The van der Waals surface area contributed by atoms with E-state index in [1.807, 2.05) is 9.80 Å². The third-order valence-corrected chi connectivity index (χ3v) is 7.41. The van der Waals surface area contributed by atoms with E-state index in [1.165, 1.54) is 0 Å². The Morgan fingerprint density at radius 3 is 2.58 bits per heavy atom. The number of pyridine rings is 1. The smallest absolute Gasteiger partial charge is 0.270 e.